The van der Waals surface area contributed by atoms with Crippen LogP contribution in [0.4, 0.5) is 5.69 Å². The second-order valence-electron chi connectivity index (χ2n) is 6.05. The Bertz CT molecular complexity index is 1090. The number of carbonyl (C=O) groups is 2. The number of rotatable bonds is 5. The zero-order valence-corrected chi connectivity index (χ0v) is 16.2. The number of ether oxygens (including phenoxy) is 1. The van der Waals surface area contributed by atoms with Crippen LogP contribution in [0.1, 0.15) is 21.5 Å². The van der Waals surface area contributed by atoms with Crippen molar-refractivity contribution in [1.82, 2.24) is 4.98 Å². The van der Waals surface area contributed by atoms with E-state index in [1.807, 2.05) is 25.1 Å². The fourth-order valence-corrected chi connectivity index (χ4v) is 3.37. The van der Waals surface area contributed by atoms with Gasteiger partial charge in [-0.2, -0.15) is 5.26 Å². The lowest BCUT2D eigenvalue weighted by atomic mass is 10.1. The van der Waals surface area contributed by atoms with Crippen molar-refractivity contribution in [2.24, 2.45) is 0 Å². The predicted octanol–water partition coefficient (Wildman–Crippen LogP) is 3.93. The first-order chi connectivity index (χ1) is 13.5. The first-order valence-electron chi connectivity index (χ1n) is 8.42. The summed E-state index contributed by atoms with van der Waals surface area (Å²) in [5.74, 6) is -0.557. The number of fused-ring (bicyclic) bond motifs is 1. The zero-order valence-electron chi connectivity index (χ0n) is 15.4. The lowest BCUT2D eigenvalue weighted by Crippen LogP contribution is -2.14. The van der Waals surface area contributed by atoms with E-state index < -0.39 is 5.97 Å². The SMILES string of the molecule is COC(=O)c1ccc(NC(=O)CSc2nc3ccc(C)cc3cc2C#N)cc1. The number of thioether (sulfide) groups is 1. The maximum absolute atomic E-state index is 12.2. The van der Waals surface area contributed by atoms with Gasteiger partial charge in [-0.1, -0.05) is 23.4 Å². The first kappa shape index (κ1) is 19.4. The van der Waals surface area contributed by atoms with Crippen LogP contribution >= 0.6 is 11.8 Å². The molecule has 6 nitrogen and oxygen atoms in total. The van der Waals surface area contributed by atoms with Gasteiger partial charge in [0.1, 0.15) is 11.1 Å². The fourth-order valence-electron chi connectivity index (χ4n) is 2.61. The number of nitrogens with zero attached hydrogens (tertiary/aromatic N) is 2. The summed E-state index contributed by atoms with van der Waals surface area (Å²) in [5.41, 5.74) is 3.30. The number of amides is 1. The van der Waals surface area contributed by atoms with Crippen molar-refractivity contribution in [3.05, 3.63) is 65.2 Å². The van der Waals surface area contributed by atoms with Gasteiger partial charge in [-0.05, 0) is 49.4 Å². The van der Waals surface area contributed by atoms with Gasteiger partial charge in [0.2, 0.25) is 5.91 Å². The van der Waals surface area contributed by atoms with Gasteiger partial charge in [-0.3, -0.25) is 4.79 Å². The Balaban J connectivity index is 1.68. The number of anilines is 1. The molecule has 0 bridgehead atoms. The van der Waals surface area contributed by atoms with Gasteiger partial charge in [-0.15, -0.1) is 0 Å². The Hall–Kier alpha value is -3.37. The molecule has 0 unspecified atom stereocenters. The Labute approximate surface area is 166 Å². The van der Waals surface area contributed by atoms with Gasteiger partial charge in [0.25, 0.3) is 0 Å². The maximum atomic E-state index is 12.2. The Kier molecular flexibility index (Phi) is 5.92. The van der Waals surface area contributed by atoms with Crippen molar-refractivity contribution in [1.29, 1.82) is 5.26 Å². The first-order valence-corrected chi connectivity index (χ1v) is 9.41. The number of hydrogen-bond donors (Lipinski definition) is 1. The van der Waals surface area contributed by atoms with Crippen molar-refractivity contribution >= 4 is 40.2 Å². The number of benzene rings is 2. The van der Waals surface area contributed by atoms with Crippen LogP contribution in [0.3, 0.4) is 0 Å². The molecule has 0 saturated carbocycles. The van der Waals surface area contributed by atoms with E-state index in [2.05, 4.69) is 21.1 Å². The molecule has 1 N–H and O–H groups in total. The third-order valence-electron chi connectivity index (χ3n) is 3.99. The quantitative estimate of drug-likeness (QED) is 0.523. The van der Waals surface area contributed by atoms with Crippen molar-refractivity contribution in [2.45, 2.75) is 11.9 Å². The average molecular weight is 391 g/mol. The van der Waals surface area contributed by atoms with Crippen molar-refractivity contribution in [2.75, 3.05) is 18.2 Å². The van der Waals surface area contributed by atoms with Gasteiger partial charge < -0.3 is 10.1 Å². The summed E-state index contributed by atoms with van der Waals surface area (Å²) in [6.45, 7) is 1.98. The summed E-state index contributed by atoms with van der Waals surface area (Å²) in [5, 5.41) is 13.6. The topological polar surface area (TPSA) is 92.1 Å². The second kappa shape index (κ2) is 8.55. The minimum atomic E-state index is -0.435. The Morgan fingerprint density at radius 2 is 1.93 bits per heavy atom. The molecule has 0 atom stereocenters. The molecule has 2 aromatic carbocycles. The molecular weight excluding hydrogens is 374 g/mol. The molecule has 140 valence electrons. The van der Waals surface area contributed by atoms with Gasteiger partial charge in [0.05, 0.1) is 29.5 Å². The molecule has 1 aromatic heterocycles. The minimum Gasteiger partial charge on any atom is -0.465 e. The van der Waals surface area contributed by atoms with Crippen LogP contribution in [-0.4, -0.2) is 29.7 Å². The molecule has 0 aliphatic rings. The van der Waals surface area contributed by atoms with E-state index in [1.54, 1.807) is 30.3 Å². The summed E-state index contributed by atoms with van der Waals surface area (Å²) < 4.78 is 4.64. The van der Waals surface area contributed by atoms with Crippen LogP contribution in [0.2, 0.25) is 0 Å². The molecule has 0 aliphatic heterocycles. The van der Waals surface area contributed by atoms with E-state index in [4.69, 9.17) is 0 Å². The van der Waals surface area contributed by atoms with Crippen LogP contribution in [0.5, 0.6) is 0 Å². The molecule has 0 radical (unpaired) electrons. The standard InChI is InChI=1S/C21H17N3O3S/c1-13-3-8-18-15(9-13)10-16(11-22)20(24-18)28-12-19(25)23-17-6-4-14(5-7-17)21(26)27-2/h3-10H,12H2,1-2H3,(H,23,25). The van der Waals surface area contributed by atoms with Crippen molar-refractivity contribution in [3.8, 4) is 6.07 Å². The van der Waals surface area contributed by atoms with Gasteiger partial charge in [-0.25, -0.2) is 9.78 Å². The van der Waals surface area contributed by atoms with Crippen LogP contribution < -0.4 is 5.32 Å². The highest BCUT2D eigenvalue weighted by Crippen LogP contribution is 2.25. The van der Waals surface area contributed by atoms with E-state index in [1.165, 1.54) is 18.9 Å². The largest absolute Gasteiger partial charge is 0.465 e. The lowest BCUT2D eigenvalue weighted by Gasteiger charge is -2.08. The molecular formula is C21H17N3O3S. The predicted molar refractivity (Wildman–Crippen MR) is 108 cm³/mol. The van der Waals surface area contributed by atoms with Gasteiger partial charge in [0.15, 0.2) is 0 Å². The van der Waals surface area contributed by atoms with E-state index >= 15 is 0 Å². The molecule has 0 spiro atoms. The number of nitrogens with one attached hydrogen (secondary N) is 1. The Morgan fingerprint density at radius 3 is 2.61 bits per heavy atom. The normalized spacial score (nSPS) is 10.3. The molecule has 0 fully saturated rings. The highest BCUT2D eigenvalue weighted by atomic mass is 32.2. The number of pyridine rings is 1. The van der Waals surface area contributed by atoms with Crippen LogP contribution in [-0.2, 0) is 9.53 Å². The number of hydrogen-bond acceptors (Lipinski definition) is 6. The van der Waals surface area contributed by atoms with E-state index in [9.17, 15) is 14.9 Å². The van der Waals surface area contributed by atoms with E-state index in [-0.39, 0.29) is 11.7 Å². The Morgan fingerprint density at radius 1 is 1.18 bits per heavy atom. The summed E-state index contributed by atoms with van der Waals surface area (Å²) in [7, 11) is 1.31. The molecule has 7 heteroatoms. The van der Waals surface area contributed by atoms with Crippen molar-refractivity contribution in [3.63, 3.8) is 0 Å². The summed E-state index contributed by atoms with van der Waals surface area (Å²) >= 11 is 1.21. The monoisotopic (exact) mass is 391 g/mol. The number of nitriles is 1. The van der Waals surface area contributed by atoms with E-state index in [0.717, 1.165) is 16.5 Å². The maximum Gasteiger partial charge on any atom is 0.337 e. The summed E-state index contributed by atoms with van der Waals surface area (Å²) in [6.07, 6.45) is 0. The van der Waals surface area contributed by atoms with Gasteiger partial charge in [0, 0.05) is 11.1 Å². The number of aromatic nitrogens is 1. The van der Waals surface area contributed by atoms with Crippen LogP contribution in [0.15, 0.2) is 53.6 Å². The molecule has 0 aliphatic carbocycles. The second-order valence-corrected chi connectivity index (χ2v) is 7.02. The third-order valence-corrected chi connectivity index (χ3v) is 4.98. The average Bonchev–Trinajstić information content (AvgIpc) is 2.71. The minimum absolute atomic E-state index is 0.109. The number of methoxy groups -OCH3 is 1. The molecule has 0 saturated heterocycles. The number of aryl methyl sites for hydroxylation is 1. The lowest BCUT2D eigenvalue weighted by molar-refractivity contribution is -0.113. The van der Waals surface area contributed by atoms with Crippen LogP contribution in [0, 0.1) is 18.3 Å². The summed E-state index contributed by atoms with van der Waals surface area (Å²) in [6, 6.07) is 16.2. The fraction of sp³-hybridized carbons (Fsp3) is 0.143. The molecule has 3 aromatic rings. The highest BCUT2D eigenvalue weighted by Gasteiger charge is 2.11. The molecule has 1 heterocycles. The van der Waals surface area contributed by atoms with Crippen molar-refractivity contribution < 1.29 is 14.3 Å². The van der Waals surface area contributed by atoms with Gasteiger partial charge >= 0.3 is 5.97 Å². The van der Waals surface area contributed by atoms with E-state index in [0.29, 0.717) is 21.8 Å². The molecule has 1 amide bonds. The smallest absolute Gasteiger partial charge is 0.337 e. The highest BCUT2D eigenvalue weighted by molar-refractivity contribution is 8.00. The summed E-state index contributed by atoms with van der Waals surface area (Å²) in [4.78, 5) is 28.2. The number of carbonyl (C=O) groups excluding carboxylic acids is 2. The third kappa shape index (κ3) is 4.48. The zero-order chi connectivity index (χ0) is 20.1. The molecule has 3 rings (SSSR count). The molecule has 28 heavy (non-hydrogen) atoms. The number of esters is 1. The van der Waals surface area contributed by atoms with Crippen LogP contribution in [0.25, 0.3) is 10.9 Å².